The van der Waals surface area contributed by atoms with Gasteiger partial charge in [-0.2, -0.15) is 13.2 Å². The van der Waals surface area contributed by atoms with Crippen molar-refractivity contribution in [1.29, 1.82) is 0 Å². The third-order valence-corrected chi connectivity index (χ3v) is 2.41. The molecule has 0 saturated carbocycles. The molecule has 0 radical (unpaired) electrons. The Labute approximate surface area is 91.4 Å². The van der Waals surface area contributed by atoms with Crippen molar-refractivity contribution in [3.63, 3.8) is 0 Å². The second-order valence-corrected chi connectivity index (χ2v) is 4.10. The minimum Gasteiger partial charge on any atom is -0.386 e. The van der Waals surface area contributed by atoms with Crippen LogP contribution in [0.3, 0.4) is 0 Å². The molecule has 2 amide bonds. The summed E-state index contributed by atoms with van der Waals surface area (Å²) in [6.07, 6.45) is -3.08. The van der Waals surface area contributed by atoms with Gasteiger partial charge in [-0.1, -0.05) is 13.3 Å². The molecule has 1 aliphatic rings. The molecule has 0 unspecified atom stereocenters. The fraction of sp³-hybridized carbons (Fsp3) is 0.889. The molecule has 1 rings (SSSR count). The van der Waals surface area contributed by atoms with Gasteiger partial charge in [0.15, 0.2) is 0 Å². The van der Waals surface area contributed by atoms with Crippen LogP contribution in [0.1, 0.15) is 19.8 Å². The number of β-amino-alcohol motifs (C(OH)–C–C–N with tert-alkyl or cyclic N) is 1. The van der Waals surface area contributed by atoms with Crippen LogP contribution in [0.15, 0.2) is 0 Å². The van der Waals surface area contributed by atoms with Gasteiger partial charge in [-0.3, -0.25) is 0 Å². The van der Waals surface area contributed by atoms with Gasteiger partial charge in [0, 0.05) is 0 Å². The standard InChI is InChI=1S/C9H15F3N2O2/c1-2-3-8(16)5-14(6-8)7(15)13-4-9(10,11)12/h16H,2-6H2,1H3,(H,13,15). The van der Waals surface area contributed by atoms with Crippen LogP contribution in [0.2, 0.25) is 0 Å². The molecule has 0 atom stereocenters. The van der Waals surface area contributed by atoms with Gasteiger partial charge in [0.2, 0.25) is 0 Å². The summed E-state index contributed by atoms with van der Waals surface area (Å²) < 4.78 is 35.4. The predicted molar refractivity (Wildman–Crippen MR) is 50.9 cm³/mol. The zero-order chi connectivity index (χ0) is 12.4. The molecular weight excluding hydrogens is 225 g/mol. The van der Waals surface area contributed by atoms with Crippen molar-refractivity contribution in [2.45, 2.75) is 31.5 Å². The third-order valence-electron chi connectivity index (χ3n) is 2.41. The number of hydrogen-bond acceptors (Lipinski definition) is 2. The van der Waals surface area contributed by atoms with E-state index in [1.807, 2.05) is 6.92 Å². The molecular formula is C9H15F3N2O2. The number of halogens is 3. The predicted octanol–water partition coefficient (Wildman–Crippen LogP) is 1.11. The largest absolute Gasteiger partial charge is 0.405 e. The topological polar surface area (TPSA) is 52.6 Å². The highest BCUT2D eigenvalue weighted by molar-refractivity contribution is 5.75. The Morgan fingerprint density at radius 2 is 2.06 bits per heavy atom. The first-order chi connectivity index (χ1) is 7.26. The molecule has 1 aliphatic heterocycles. The van der Waals surface area contributed by atoms with Crippen molar-refractivity contribution in [3.8, 4) is 0 Å². The maximum absolute atomic E-state index is 11.8. The molecule has 0 bridgehead atoms. The lowest BCUT2D eigenvalue weighted by atomic mass is 9.90. The van der Waals surface area contributed by atoms with E-state index in [0.29, 0.717) is 6.42 Å². The van der Waals surface area contributed by atoms with Crippen LogP contribution in [-0.2, 0) is 0 Å². The molecule has 1 heterocycles. The zero-order valence-corrected chi connectivity index (χ0v) is 8.97. The summed E-state index contributed by atoms with van der Waals surface area (Å²) in [6, 6.07) is -0.780. The van der Waals surface area contributed by atoms with E-state index >= 15 is 0 Å². The molecule has 7 heteroatoms. The van der Waals surface area contributed by atoms with E-state index in [-0.39, 0.29) is 13.1 Å². The monoisotopic (exact) mass is 240 g/mol. The van der Waals surface area contributed by atoms with E-state index in [1.54, 1.807) is 5.32 Å². The number of aliphatic hydroxyl groups is 1. The van der Waals surface area contributed by atoms with E-state index < -0.39 is 24.4 Å². The van der Waals surface area contributed by atoms with Crippen LogP contribution >= 0.6 is 0 Å². The van der Waals surface area contributed by atoms with Crippen LogP contribution in [0.4, 0.5) is 18.0 Å². The van der Waals surface area contributed by atoms with Crippen LogP contribution in [0.25, 0.3) is 0 Å². The van der Waals surface area contributed by atoms with Crippen molar-refractivity contribution < 1.29 is 23.1 Å². The summed E-state index contributed by atoms with van der Waals surface area (Å²) in [5.41, 5.74) is -0.912. The minimum absolute atomic E-state index is 0.102. The molecule has 1 saturated heterocycles. The molecule has 0 aliphatic carbocycles. The van der Waals surface area contributed by atoms with Gasteiger partial charge >= 0.3 is 12.2 Å². The normalized spacial score (nSPS) is 19.2. The Balaban J connectivity index is 2.27. The maximum atomic E-state index is 11.8. The Morgan fingerprint density at radius 1 is 1.50 bits per heavy atom. The smallest absolute Gasteiger partial charge is 0.386 e. The molecule has 16 heavy (non-hydrogen) atoms. The highest BCUT2D eigenvalue weighted by atomic mass is 19.4. The Bertz CT molecular complexity index is 262. The van der Waals surface area contributed by atoms with Crippen LogP contribution in [-0.4, -0.2) is 47.4 Å². The number of carbonyl (C=O) groups is 1. The van der Waals surface area contributed by atoms with Gasteiger partial charge in [0.1, 0.15) is 6.54 Å². The van der Waals surface area contributed by atoms with Gasteiger partial charge in [0.25, 0.3) is 0 Å². The molecule has 94 valence electrons. The van der Waals surface area contributed by atoms with Gasteiger partial charge < -0.3 is 15.3 Å². The summed E-state index contributed by atoms with van der Waals surface area (Å²) in [5, 5.41) is 11.5. The van der Waals surface area contributed by atoms with Gasteiger partial charge in [-0.15, -0.1) is 0 Å². The SMILES string of the molecule is CCCC1(O)CN(C(=O)NCC(F)(F)F)C1. The molecule has 0 aromatic heterocycles. The van der Waals surface area contributed by atoms with E-state index in [9.17, 15) is 23.1 Å². The summed E-state index contributed by atoms with van der Waals surface area (Å²) >= 11 is 0. The van der Waals surface area contributed by atoms with Crippen molar-refractivity contribution >= 4 is 6.03 Å². The average molecular weight is 240 g/mol. The first-order valence-corrected chi connectivity index (χ1v) is 5.08. The van der Waals surface area contributed by atoms with Crippen molar-refractivity contribution in [3.05, 3.63) is 0 Å². The molecule has 4 nitrogen and oxygen atoms in total. The molecule has 2 N–H and O–H groups in total. The maximum Gasteiger partial charge on any atom is 0.405 e. The van der Waals surface area contributed by atoms with E-state index in [4.69, 9.17) is 0 Å². The van der Waals surface area contributed by atoms with Gasteiger partial charge in [0.05, 0.1) is 18.7 Å². The summed E-state index contributed by atoms with van der Waals surface area (Å²) in [6.45, 7) is 0.758. The summed E-state index contributed by atoms with van der Waals surface area (Å²) in [7, 11) is 0. The highest BCUT2D eigenvalue weighted by Gasteiger charge is 2.43. The van der Waals surface area contributed by atoms with Crippen LogP contribution in [0.5, 0.6) is 0 Å². The molecule has 0 aromatic rings. The number of nitrogens with zero attached hydrogens (tertiary/aromatic N) is 1. The number of likely N-dealkylation sites (tertiary alicyclic amines) is 1. The second-order valence-electron chi connectivity index (χ2n) is 4.10. The quantitative estimate of drug-likeness (QED) is 0.776. The Kier molecular flexibility index (Phi) is 3.67. The molecule has 1 fully saturated rings. The lowest BCUT2D eigenvalue weighted by Gasteiger charge is -2.46. The van der Waals surface area contributed by atoms with E-state index in [0.717, 1.165) is 6.42 Å². The number of alkyl halides is 3. The van der Waals surface area contributed by atoms with Crippen molar-refractivity contribution in [2.75, 3.05) is 19.6 Å². The molecule has 0 spiro atoms. The van der Waals surface area contributed by atoms with Gasteiger partial charge in [-0.25, -0.2) is 4.79 Å². The fourth-order valence-electron chi connectivity index (χ4n) is 1.72. The first kappa shape index (κ1) is 13.1. The summed E-state index contributed by atoms with van der Waals surface area (Å²) in [4.78, 5) is 12.3. The lowest BCUT2D eigenvalue weighted by molar-refractivity contribution is -0.125. The second kappa shape index (κ2) is 4.48. The average Bonchev–Trinajstić information content (AvgIpc) is 2.09. The van der Waals surface area contributed by atoms with E-state index in [1.165, 1.54) is 4.90 Å². The zero-order valence-electron chi connectivity index (χ0n) is 8.97. The Hall–Kier alpha value is -0.980. The number of urea groups is 1. The van der Waals surface area contributed by atoms with Crippen LogP contribution < -0.4 is 5.32 Å². The number of carbonyl (C=O) groups excluding carboxylic acids is 1. The number of amides is 2. The molecule has 0 aromatic carbocycles. The van der Waals surface area contributed by atoms with Gasteiger partial charge in [-0.05, 0) is 6.42 Å². The third kappa shape index (κ3) is 3.55. The number of nitrogens with one attached hydrogen (secondary N) is 1. The summed E-state index contributed by atoms with van der Waals surface area (Å²) in [5.74, 6) is 0. The minimum atomic E-state index is -4.40. The Morgan fingerprint density at radius 3 is 2.50 bits per heavy atom. The first-order valence-electron chi connectivity index (χ1n) is 5.08. The fourth-order valence-corrected chi connectivity index (χ4v) is 1.72. The highest BCUT2D eigenvalue weighted by Crippen LogP contribution is 2.25. The van der Waals surface area contributed by atoms with Crippen molar-refractivity contribution in [1.82, 2.24) is 10.2 Å². The van der Waals surface area contributed by atoms with Crippen LogP contribution in [0, 0.1) is 0 Å². The number of rotatable bonds is 3. The number of hydrogen-bond donors (Lipinski definition) is 2. The van der Waals surface area contributed by atoms with E-state index in [2.05, 4.69) is 0 Å². The van der Waals surface area contributed by atoms with Crippen molar-refractivity contribution in [2.24, 2.45) is 0 Å². The lowest BCUT2D eigenvalue weighted by Crippen LogP contribution is -2.65.